The summed E-state index contributed by atoms with van der Waals surface area (Å²) >= 11 is 0. The molecule has 1 aliphatic carbocycles. The van der Waals surface area contributed by atoms with Crippen molar-refractivity contribution in [1.82, 2.24) is 10.6 Å². The van der Waals surface area contributed by atoms with Gasteiger partial charge in [0.2, 0.25) is 11.8 Å². The number of aliphatic hydroxyl groups excluding tert-OH is 1. The maximum Gasteiger partial charge on any atom is 0.306 e. The van der Waals surface area contributed by atoms with Gasteiger partial charge in [0.05, 0.1) is 18.6 Å². The fourth-order valence-corrected chi connectivity index (χ4v) is 4.04. The molecule has 0 bridgehead atoms. The van der Waals surface area contributed by atoms with Gasteiger partial charge >= 0.3 is 5.97 Å². The van der Waals surface area contributed by atoms with Crippen LogP contribution in [-0.2, 0) is 19.1 Å². The molecule has 1 saturated carbocycles. The molecule has 0 unspecified atom stereocenters. The van der Waals surface area contributed by atoms with E-state index in [-0.39, 0.29) is 49.5 Å². The number of hydrogen-bond donors (Lipinski definition) is 3. The van der Waals surface area contributed by atoms with E-state index in [1.807, 2.05) is 12.2 Å². The van der Waals surface area contributed by atoms with Gasteiger partial charge in [0.1, 0.15) is 6.61 Å². The van der Waals surface area contributed by atoms with Crippen molar-refractivity contribution in [3.8, 4) is 0 Å². The molecule has 0 aromatic carbocycles. The lowest BCUT2D eigenvalue weighted by Gasteiger charge is -2.28. The van der Waals surface area contributed by atoms with Gasteiger partial charge in [0, 0.05) is 18.9 Å². The lowest BCUT2D eigenvalue weighted by atomic mass is 9.84. The number of ether oxygens (including phenoxy) is 1. The Morgan fingerprint density at radius 1 is 1.28 bits per heavy atom. The average Bonchev–Trinajstić information content (AvgIpc) is 2.70. The quantitative estimate of drug-likeness (QED) is 0.462. The Kier molecular flexibility index (Phi) is 10.2. The van der Waals surface area contributed by atoms with Crippen molar-refractivity contribution >= 4 is 17.8 Å². The number of nitrogens with one attached hydrogen (secondary N) is 2. The van der Waals surface area contributed by atoms with E-state index >= 15 is 0 Å². The monoisotopic (exact) mass is 408 g/mol. The van der Waals surface area contributed by atoms with Gasteiger partial charge in [-0.25, -0.2) is 0 Å². The van der Waals surface area contributed by atoms with Gasteiger partial charge < -0.3 is 20.5 Å². The standard InChI is InChI=1S/C22H36N2O5/c1-16(14-25)23-20(26)13-18-10-6-3-7-11-21(27)29-15-19(24-22(18)28)12-17-8-4-2-5-9-17/h3,6,16-19,25H,2,4-5,7-15H2,1H3,(H,23,26)(H,24,28)/t16-,18+,19-/m0/s1. The zero-order valence-corrected chi connectivity index (χ0v) is 17.5. The van der Waals surface area contributed by atoms with Crippen LogP contribution in [0.3, 0.4) is 0 Å². The fourth-order valence-electron chi connectivity index (χ4n) is 4.04. The van der Waals surface area contributed by atoms with Crippen LogP contribution >= 0.6 is 0 Å². The zero-order valence-electron chi connectivity index (χ0n) is 17.5. The van der Waals surface area contributed by atoms with Crippen molar-refractivity contribution in [3.05, 3.63) is 12.2 Å². The third-order valence-corrected chi connectivity index (χ3v) is 5.72. The number of allylic oxidation sites excluding steroid dienone is 2. The topological polar surface area (TPSA) is 105 Å². The Labute approximate surface area is 173 Å². The number of rotatable bonds is 6. The van der Waals surface area contributed by atoms with Crippen LogP contribution in [-0.4, -0.2) is 48.2 Å². The molecule has 1 fully saturated rings. The molecule has 2 rings (SSSR count). The van der Waals surface area contributed by atoms with Gasteiger partial charge in [0.15, 0.2) is 0 Å². The maximum absolute atomic E-state index is 12.9. The molecule has 1 heterocycles. The van der Waals surface area contributed by atoms with Crippen molar-refractivity contribution < 1.29 is 24.2 Å². The van der Waals surface area contributed by atoms with Crippen molar-refractivity contribution in [2.75, 3.05) is 13.2 Å². The van der Waals surface area contributed by atoms with Crippen LogP contribution in [0.1, 0.15) is 71.1 Å². The third kappa shape index (κ3) is 8.98. The number of aliphatic hydroxyl groups is 1. The average molecular weight is 409 g/mol. The molecule has 7 heteroatoms. The molecule has 1 aliphatic heterocycles. The van der Waals surface area contributed by atoms with Gasteiger partial charge in [-0.15, -0.1) is 0 Å². The minimum absolute atomic E-state index is 0.0659. The molecule has 0 radical (unpaired) electrons. The van der Waals surface area contributed by atoms with Crippen molar-refractivity contribution in [2.24, 2.45) is 11.8 Å². The molecule has 3 N–H and O–H groups in total. The maximum atomic E-state index is 12.9. The minimum Gasteiger partial charge on any atom is -0.463 e. The molecule has 3 atom stereocenters. The number of carbonyl (C=O) groups excluding carboxylic acids is 3. The van der Waals surface area contributed by atoms with Crippen LogP contribution < -0.4 is 10.6 Å². The molecule has 2 amide bonds. The van der Waals surface area contributed by atoms with Crippen LogP contribution in [0, 0.1) is 11.8 Å². The third-order valence-electron chi connectivity index (χ3n) is 5.72. The number of carbonyl (C=O) groups is 3. The summed E-state index contributed by atoms with van der Waals surface area (Å²) in [6, 6.07) is -0.564. The summed E-state index contributed by atoms with van der Waals surface area (Å²) in [5.74, 6) is -0.623. The van der Waals surface area contributed by atoms with Gasteiger partial charge in [-0.3, -0.25) is 14.4 Å². The van der Waals surface area contributed by atoms with E-state index in [1.54, 1.807) is 6.92 Å². The fraction of sp³-hybridized carbons (Fsp3) is 0.773. The second-order valence-electron chi connectivity index (χ2n) is 8.43. The normalized spacial score (nSPS) is 25.9. The molecule has 0 aromatic heterocycles. The van der Waals surface area contributed by atoms with Crippen molar-refractivity contribution in [3.63, 3.8) is 0 Å². The van der Waals surface area contributed by atoms with E-state index in [1.165, 1.54) is 19.3 Å². The van der Waals surface area contributed by atoms with E-state index < -0.39 is 5.92 Å². The predicted molar refractivity (Wildman–Crippen MR) is 110 cm³/mol. The summed E-state index contributed by atoms with van der Waals surface area (Å²) in [5.41, 5.74) is 0. The molecular formula is C22H36N2O5. The number of hydrogen-bond acceptors (Lipinski definition) is 5. The summed E-state index contributed by atoms with van der Waals surface area (Å²) in [6.45, 7) is 1.76. The van der Waals surface area contributed by atoms with Crippen LogP contribution in [0.5, 0.6) is 0 Å². The first-order chi connectivity index (χ1) is 14.0. The van der Waals surface area contributed by atoms with E-state index in [0.29, 0.717) is 25.2 Å². The molecule has 2 aliphatic rings. The number of esters is 1. The van der Waals surface area contributed by atoms with Gasteiger partial charge in [-0.1, -0.05) is 44.3 Å². The summed E-state index contributed by atoms with van der Waals surface area (Å²) in [5, 5.41) is 14.9. The number of cyclic esters (lactones) is 1. The molecule has 0 spiro atoms. The molecule has 0 aromatic rings. The summed E-state index contributed by atoms with van der Waals surface area (Å²) in [4.78, 5) is 37.1. The van der Waals surface area contributed by atoms with E-state index in [2.05, 4.69) is 10.6 Å². The Morgan fingerprint density at radius 3 is 2.76 bits per heavy atom. The highest BCUT2D eigenvalue weighted by Crippen LogP contribution is 2.27. The van der Waals surface area contributed by atoms with Crippen LogP contribution in [0.25, 0.3) is 0 Å². The Balaban J connectivity index is 2.04. The second kappa shape index (κ2) is 12.6. The highest BCUT2D eigenvalue weighted by Gasteiger charge is 2.27. The molecule has 164 valence electrons. The largest absolute Gasteiger partial charge is 0.463 e. The molecule has 29 heavy (non-hydrogen) atoms. The zero-order chi connectivity index (χ0) is 21.1. The Bertz CT molecular complexity index is 572. The molecule has 7 nitrogen and oxygen atoms in total. The predicted octanol–water partition coefficient (Wildman–Crippen LogP) is 2.23. The van der Waals surface area contributed by atoms with Crippen LogP contribution in [0.4, 0.5) is 0 Å². The minimum atomic E-state index is -0.485. The lowest BCUT2D eigenvalue weighted by molar-refractivity contribution is -0.145. The van der Waals surface area contributed by atoms with Gasteiger partial charge in [0.25, 0.3) is 0 Å². The first-order valence-corrected chi connectivity index (χ1v) is 11.0. The molecular weight excluding hydrogens is 372 g/mol. The lowest BCUT2D eigenvalue weighted by Crippen LogP contribution is -2.45. The van der Waals surface area contributed by atoms with Crippen molar-refractivity contribution in [2.45, 2.75) is 83.2 Å². The summed E-state index contributed by atoms with van der Waals surface area (Å²) in [6.07, 6.45) is 11.9. The number of amides is 2. The smallest absolute Gasteiger partial charge is 0.306 e. The Morgan fingerprint density at radius 2 is 2.03 bits per heavy atom. The van der Waals surface area contributed by atoms with E-state index in [0.717, 1.165) is 19.3 Å². The highest BCUT2D eigenvalue weighted by atomic mass is 16.5. The molecule has 0 saturated heterocycles. The Hall–Kier alpha value is -1.89. The highest BCUT2D eigenvalue weighted by molar-refractivity contribution is 5.86. The summed E-state index contributed by atoms with van der Waals surface area (Å²) < 4.78 is 5.41. The van der Waals surface area contributed by atoms with E-state index in [4.69, 9.17) is 9.84 Å². The van der Waals surface area contributed by atoms with Crippen molar-refractivity contribution in [1.29, 1.82) is 0 Å². The SMILES string of the molecule is C[C@@H](CO)NC(=O)C[C@H]1CC=CCCC(=O)OC[C@H](CC2CCCCC2)NC1=O. The van der Waals surface area contributed by atoms with Crippen LogP contribution in [0.2, 0.25) is 0 Å². The van der Waals surface area contributed by atoms with E-state index in [9.17, 15) is 14.4 Å². The summed E-state index contributed by atoms with van der Waals surface area (Å²) in [7, 11) is 0. The van der Waals surface area contributed by atoms with Crippen LogP contribution in [0.15, 0.2) is 12.2 Å². The van der Waals surface area contributed by atoms with Gasteiger partial charge in [-0.2, -0.15) is 0 Å². The first-order valence-electron chi connectivity index (χ1n) is 11.0. The second-order valence-corrected chi connectivity index (χ2v) is 8.43. The first kappa shape index (κ1) is 23.4. The van der Waals surface area contributed by atoms with Gasteiger partial charge in [-0.05, 0) is 32.1 Å².